The Kier molecular flexibility index (Phi) is 4.89. The van der Waals surface area contributed by atoms with Crippen LogP contribution in [0.25, 0.3) is 0 Å². The van der Waals surface area contributed by atoms with Gasteiger partial charge in [0.25, 0.3) is 0 Å². The second-order valence-corrected chi connectivity index (χ2v) is 5.12. The van der Waals surface area contributed by atoms with Gasteiger partial charge in [-0.15, -0.1) is 0 Å². The van der Waals surface area contributed by atoms with Gasteiger partial charge in [0.2, 0.25) is 0 Å². The zero-order valence-electron chi connectivity index (χ0n) is 11.1. The predicted octanol–water partition coefficient (Wildman–Crippen LogP) is 2.40. The maximum Gasteiger partial charge on any atom is 0.127 e. The monoisotopic (exact) mass is 261 g/mol. The zero-order valence-corrected chi connectivity index (χ0v) is 11.1. The number of nitrogens with zero attached hydrogens (tertiary/aromatic N) is 2. The van der Waals surface area contributed by atoms with Crippen molar-refractivity contribution >= 4 is 0 Å². The van der Waals surface area contributed by atoms with Gasteiger partial charge in [-0.2, -0.15) is 5.26 Å². The van der Waals surface area contributed by atoms with Crippen molar-refractivity contribution in [2.24, 2.45) is 5.73 Å². The van der Waals surface area contributed by atoms with E-state index in [9.17, 15) is 4.39 Å². The number of hydrogen-bond donors (Lipinski definition) is 1. The van der Waals surface area contributed by atoms with Crippen LogP contribution in [0.5, 0.6) is 0 Å². The Hall–Kier alpha value is -1.44. The highest BCUT2D eigenvalue weighted by Gasteiger charge is 2.22. The van der Waals surface area contributed by atoms with E-state index in [1.54, 1.807) is 6.07 Å². The summed E-state index contributed by atoms with van der Waals surface area (Å²) in [7, 11) is 0. The molecule has 1 aromatic carbocycles. The Balaban J connectivity index is 2.12. The summed E-state index contributed by atoms with van der Waals surface area (Å²) >= 11 is 0. The van der Waals surface area contributed by atoms with E-state index in [2.05, 4.69) is 11.0 Å². The molecular weight excluding hydrogens is 241 g/mol. The molecule has 0 amide bonds. The number of piperidine rings is 1. The lowest BCUT2D eigenvalue weighted by Crippen LogP contribution is -2.40. The summed E-state index contributed by atoms with van der Waals surface area (Å²) in [4.78, 5) is 2.30. The van der Waals surface area contributed by atoms with Crippen molar-refractivity contribution in [3.8, 4) is 6.07 Å². The lowest BCUT2D eigenvalue weighted by Gasteiger charge is -2.35. The lowest BCUT2D eigenvalue weighted by atomic mass is 9.98. The second-order valence-electron chi connectivity index (χ2n) is 5.12. The molecular formula is C15H20FN3. The molecule has 1 heterocycles. The summed E-state index contributed by atoms with van der Waals surface area (Å²) < 4.78 is 13.8. The van der Waals surface area contributed by atoms with Gasteiger partial charge in [0, 0.05) is 18.2 Å². The van der Waals surface area contributed by atoms with Gasteiger partial charge in [-0.05, 0) is 50.6 Å². The summed E-state index contributed by atoms with van der Waals surface area (Å²) in [5, 5.41) is 8.89. The standard InChI is InChI=1S/C15H20FN3/c16-15-5-4-12(10-18)9-13(15)11-19-8-2-1-3-14(19)6-7-17/h4-5,9,14H,1-3,6-8,11,17H2. The second kappa shape index (κ2) is 6.65. The zero-order chi connectivity index (χ0) is 13.7. The van der Waals surface area contributed by atoms with E-state index in [1.165, 1.54) is 18.6 Å². The molecule has 2 N–H and O–H groups in total. The number of hydrogen-bond acceptors (Lipinski definition) is 3. The molecule has 0 spiro atoms. The molecule has 4 heteroatoms. The van der Waals surface area contributed by atoms with Crippen LogP contribution in [0.2, 0.25) is 0 Å². The minimum atomic E-state index is -0.226. The highest BCUT2D eigenvalue weighted by molar-refractivity contribution is 5.33. The maximum atomic E-state index is 13.8. The predicted molar refractivity (Wildman–Crippen MR) is 72.8 cm³/mol. The van der Waals surface area contributed by atoms with Gasteiger partial charge < -0.3 is 5.73 Å². The van der Waals surface area contributed by atoms with Crippen LogP contribution in [0, 0.1) is 17.1 Å². The molecule has 0 aliphatic carbocycles. The number of nitriles is 1. The van der Waals surface area contributed by atoms with Crippen LogP contribution in [0.4, 0.5) is 4.39 Å². The molecule has 1 aliphatic rings. The molecule has 0 radical (unpaired) electrons. The third-order valence-electron chi connectivity index (χ3n) is 3.80. The summed E-state index contributed by atoms with van der Waals surface area (Å²) in [6.07, 6.45) is 4.47. The first-order valence-electron chi connectivity index (χ1n) is 6.87. The smallest absolute Gasteiger partial charge is 0.127 e. The number of nitrogens with two attached hydrogens (primary N) is 1. The lowest BCUT2D eigenvalue weighted by molar-refractivity contribution is 0.132. The average molecular weight is 261 g/mol. The van der Waals surface area contributed by atoms with E-state index in [0.29, 0.717) is 30.3 Å². The Morgan fingerprint density at radius 3 is 3.00 bits per heavy atom. The van der Waals surface area contributed by atoms with Crippen molar-refractivity contribution in [2.45, 2.75) is 38.3 Å². The van der Waals surface area contributed by atoms with E-state index >= 15 is 0 Å². The third-order valence-corrected chi connectivity index (χ3v) is 3.80. The fraction of sp³-hybridized carbons (Fsp3) is 0.533. The Morgan fingerprint density at radius 2 is 2.26 bits per heavy atom. The Labute approximate surface area is 113 Å². The third kappa shape index (κ3) is 3.52. The van der Waals surface area contributed by atoms with Gasteiger partial charge in [-0.25, -0.2) is 4.39 Å². The van der Waals surface area contributed by atoms with Gasteiger partial charge >= 0.3 is 0 Å². The normalized spacial score (nSPS) is 20.2. The largest absolute Gasteiger partial charge is 0.330 e. The molecule has 1 unspecified atom stereocenters. The molecule has 1 atom stereocenters. The van der Waals surface area contributed by atoms with Crippen LogP contribution >= 0.6 is 0 Å². The molecule has 1 saturated heterocycles. The van der Waals surface area contributed by atoms with Gasteiger partial charge in [0.1, 0.15) is 5.82 Å². The highest BCUT2D eigenvalue weighted by atomic mass is 19.1. The van der Waals surface area contributed by atoms with Crippen molar-refractivity contribution < 1.29 is 4.39 Å². The Bertz CT molecular complexity index is 465. The molecule has 0 bridgehead atoms. The minimum Gasteiger partial charge on any atom is -0.330 e. The van der Waals surface area contributed by atoms with Gasteiger partial charge in [0.05, 0.1) is 11.6 Å². The first-order valence-corrected chi connectivity index (χ1v) is 6.87. The van der Waals surface area contributed by atoms with Crippen LogP contribution in [0.3, 0.4) is 0 Å². The SMILES string of the molecule is N#Cc1ccc(F)c(CN2CCCCC2CCN)c1. The molecule has 0 aromatic heterocycles. The molecule has 0 saturated carbocycles. The molecule has 1 aromatic rings. The van der Waals surface area contributed by atoms with Crippen LogP contribution in [0.15, 0.2) is 18.2 Å². The molecule has 102 valence electrons. The molecule has 2 rings (SSSR count). The molecule has 1 fully saturated rings. The summed E-state index contributed by atoms with van der Waals surface area (Å²) in [6.45, 7) is 2.23. The summed E-state index contributed by atoms with van der Waals surface area (Å²) in [6, 6.07) is 7.07. The van der Waals surface area contributed by atoms with E-state index < -0.39 is 0 Å². The summed E-state index contributed by atoms with van der Waals surface area (Å²) in [5.41, 5.74) is 6.78. The molecule has 19 heavy (non-hydrogen) atoms. The van der Waals surface area contributed by atoms with E-state index in [1.807, 2.05) is 0 Å². The first-order chi connectivity index (χ1) is 9.24. The van der Waals surface area contributed by atoms with Crippen molar-refractivity contribution in [3.05, 3.63) is 35.1 Å². The number of rotatable bonds is 4. The highest BCUT2D eigenvalue weighted by Crippen LogP contribution is 2.23. The van der Waals surface area contributed by atoms with Gasteiger partial charge in [-0.1, -0.05) is 6.42 Å². The quantitative estimate of drug-likeness (QED) is 0.905. The van der Waals surface area contributed by atoms with E-state index in [4.69, 9.17) is 11.0 Å². The number of likely N-dealkylation sites (tertiary alicyclic amines) is 1. The van der Waals surface area contributed by atoms with Gasteiger partial charge in [0.15, 0.2) is 0 Å². The van der Waals surface area contributed by atoms with Gasteiger partial charge in [-0.3, -0.25) is 4.90 Å². The van der Waals surface area contributed by atoms with Crippen LogP contribution in [-0.2, 0) is 6.54 Å². The van der Waals surface area contributed by atoms with E-state index in [-0.39, 0.29) is 5.82 Å². The number of benzene rings is 1. The fourth-order valence-corrected chi connectivity index (χ4v) is 2.77. The first kappa shape index (κ1) is 14.0. The van der Waals surface area contributed by atoms with Crippen LogP contribution < -0.4 is 5.73 Å². The van der Waals surface area contributed by atoms with Crippen LogP contribution in [0.1, 0.15) is 36.8 Å². The maximum absolute atomic E-state index is 13.8. The fourth-order valence-electron chi connectivity index (χ4n) is 2.77. The van der Waals surface area contributed by atoms with Crippen LogP contribution in [-0.4, -0.2) is 24.0 Å². The minimum absolute atomic E-state index is 0.226. The van der Waals surface area contributed by atoms with Crippen molar-refractivity contribution in [1.82, 2.24) is 4.90 Å². The molecule has 1 aliphatic heterocycles. The summed E-state index contributed by atoms with van der Waals surface area (Å²) in [5.74, 6) is -0.226. The Morgan fingerprint density at radius 1 is 1.42 bits per heavy atom. The van der Waals surface area contributed by atoms with E-state index in [0.717, 1.165) is 25.8 Å². The average Bonchev–Trinajstić information content (AvgIpc) is 2.43. The van der Waals surface area contributed by atoms with Crippen molar-refractivity contribution in [2.75, 3.05) is 13.1 Å². The molecule has 3 nitrogen and oxygen atoms in total. The van der Waals surface area contributed by atoms with Crippen molar-refractivity contribution in [3.63, 3.8) is 0 Å². The topological polar surface area (TPSA) is 53.0 Å². The number of halogens is 1. The van der Waals surface area contributed by atoms with Crippen molar-refractivity contribution in [1.29, 1.82) is 5.26 Å².